The van der Waals surface area contributed by atoms with E-state index in [0.29, 0.717) is 0 Å². The van der Waals surface area contributed by atoms with Crippen molar-refractivity contribution >= 4 is 0 Å². The van der Waals surface area contributed by atoms with Crippen LogP contribution >= 0.6 is 0 Å². The lowest BCUT2D eigenvalue weighted by atomic mass is 10.1. The molecule has 3 nitrogen and oxygen atoms in total. The summed E-state index contributed by atoms with van der Waals surface area (Å²) in [5.74, 6) is 1.80. The summed E-state index contributed by atoms with van der Waals surface area (Å²) >= 11 is 0. The normalized spacial score (nSPS) is 22.9. The third-order valence-corrected chi connectivity index (χ3v) is 4.44. The van der Waals surface area contributed by atoms with Crippen LogP contribution in [0.4, 0.5) is 0 Å². The van der Waals surface area contributed by atoms with Gasteiger partial charge in [0.05, 0.1) is 6.10 Å². The van der Waals surface area contributed by atoms with Crippen molar-refractivity contribution in [1.82, 2.24) is 10.2 Å². The molecule has 3 heteroatoms. The fraction of sp³-hybridized carbons (Fsp3) is 0.667. The van der Waals surface area contributed by atoms with E-state index >= 15 is 0 Å². The van der Waals surface area contributed by atoms with Crippen LogP contribution in [0.5, 0.6) is 5.75 Å². The summed E-state index contributed by atoms with van der Waals surface area (Å²) in [6, 6.07) is 9.40. The van der Waals surface area contributed by atoms with Crippen molar-refractivity contribution in [3.05, 3.63) is 29.8 Å². The van der Waals surface area contributed by atoms with E-state index in [9.17, 15) is 0 Å². The van der Waals surface area contributed by atoms with Gasteiger partial charge in [-0.15, -0.1) is 0 Å². The predicted octanol–water partition coefficient (Wildman–Crippen LogP) is 3.05. The lowest BCUT2D eigenvalue weighted by Gasteiger charge is -2.15. The Morgan fingerprint density at radius 3 is 2.62 bits per heavy atom. The van der Waals surface area contributed by atoms with Gasteiger partial charge in [-0.1, -0.05) is 12.1 Å². The van der Waals surface area contributed by atoms with Crippen LogP contribution in [0.15, 0.2) is 24.3 Å². The molecule has 0 amide bonds. The highest BCUT2D eigenvalue weighted by Gasteiger charge is 2.33. The maximum Gasteiger partial charge on any atom is 0.119 e. The first-order valence-corrected chi connectivity index (χ1v) is 8.41. The highest BCUT2D eigenvalue weighted by Crippen LogP contribution is 2.31. The van der Waals surface area contributed by atoms with Gasteiger partial charge in [-0.25, -0.2) is 0 Å². The minimum absolute atomic E-state index is 0.241. The van der Waals surface area contributed by atoms with Crippen LogP contribution in [0.2, 0.25) is 0 Å². The summed E-state index contributed by atoms with van der Waals surface area (Å²) < 4.78 is 5.67. The van der Waals surface area contributed by atoms with E-state index in [1.165, 1.54) is 37.9 Å². The third kappa shape index (κ3) is 4.45. The van der Waals surface area contributed by atoms with Crippen LogP contribution in [-0.4, -0.2) is 36.7 Å². The maximum absolute atomic E-state index is 5.67. The van der Waals surface area contributed by atoms with E-state index in [1.807, 2.05) is 0 Å². The van der Waals surface area contributed by atoms with Crippen LogP contribution in [-0.2, 0) is 6.54 Å². The van der Waals surface area contributed by atoms with Gasteiger partial charge in [0, 0.05) is 19.1 Å². The van der Waals surface area contributed by atoms with Crippen LogP contribution in [0.1, 0.15) is 38.7 Å². The number of hydrogen-bond acceptors (Lipinski definition) is 3. The Labute approximate surface area is 128 Å². The van der Waals surface area contributed by atoms with E-state index < -0.39 is 0 Å². The van der Waals surface area contributed by atoms with Crippen molar-refractivity contribution in [2.75, 3.05) is 19.6 Å². The van der Waals surface area contributed by atoms with Gasteiger partial charge in [-0.05, 0) is 69.8 Å². The average Bonchev–Trinajstić information content (AvgIpc) is 3.20. The Balaban J connectivity index is 1.37. The van der Waals surface area contributed by atoms with Gasteiger partial charge in [-0.3, -0.25) is 0 Å². The summed E-state index contributed by atoms with van der Waals surface area (Å²) in [6.45, 7) is 8.84. The number of hydrogen-bond donors (Lipinski definition) is 1. The standard InChI is InChI=1S/C18H28N2O/c1-14(2)21-18-7-3-15(4-8-18)11-19-12-16-9-10-20(13-16)17-5-6-17/h3-4,7-8,14,16-17,19H,5-6,9-13H2,1-2H3. The molecule has 1 N–H and O–H groups in total. The van der Waals surface area contributed by atoms with Crippen molar-refractivity contribution in [3.8, 4) is 5.75 Å². The first kappa shape index (κ1) is 14.9. The molecule has 2 fully saturated rings. The van der Waals surface area contributed by atoms with Crippen LogP contribution in [0, 0.1) is 5.92 Å². The number of nitrogens with zero attached hydrogens (tertiary/aromatic N) is 1. The number of ether oxygens (including phenoxy) is 1. The largest absolute Gasteiger partial charge is 0.491 e. The van der Waals surface area contributed by atoms with Crippen molar-refractivity contribution in [1.29, 1.82) is 0 Å². The van der Waals surface area contributed by atoms with Gasteiger partial charge in [-0.2, -0.15) is 0 Å². The van der Waals surface area contributed by atoms with Crippen molar-refractivity contribution in [2.45, 2.75) is 51.8 Å². The molecular formula is C18H28N2O. The van der Waals surface area contributed by atoms with E-state index in [-0.39, 0.29) is 6.10 Å². The van der Waals surface area contributed by atoms with E-state index in [4.69, 9.17) is 4.74 Å². The Morgan fingerprint density at radius 2 is 1.95 bits per heavy atom. The first-order valence-electron chi connectivity index (χ1n) is 8.41. The van der Waals surface area contributed by atoms with Crippen molar-refractivity contribution in [2.24, 2.45) is 5.92 Å². The second-order valence-corrected chi connectivity index (χ2v) is 6.82. The molecule has 1 aromatic rings. The van der Waals surface area contributed by atoms with Crippen LogP contribution in [0.25, 0.3) is 0 Å². The van der Waals surface area contributed by atoms with Gasteiger partial charge in [0.2, 0.25) is 0 Å². The molecule has 1 saturated heterocycles. The fourth-order valence-electron chi connectivity index (χ4n) is 3.18. The second-order valence-electron chi connectivity index (χ2n) is 6.82. The monoisotopic (exact) mass is 288 g/mol. The van der Waals surface area contributed by atoms with Crippen molar-refractivity contribution in [3.63, 3.8) is 0 Å². The minimum Gasteiger partial charge on any atom is -0.491 e. The average molecular weight is 288 g/mol. The molecular weight excluding hydrogens is 260 g/mol. The summed E-state index contributed by atoms with van der Waals surface area (Å²) in [5, 5.41) is 3.62. The summed E-state index contributed by atoms with van der Waals surface area (Å²) in [4.78, 5) is 2.68. The molecule has 1 unspecified atom stereocenters. The number of likely N-dealkylation sites (tertiary alicyclic amines) is 1. The first-order chi connectivity index (χ1) is 10.2. The quantitative estimate of drug-likeness (QED) is 0.834. The van der Waals surface area contributed by atoms with Crippen LogP contribution in [0.3, 0.4) is 0 Å². The highest BCUT2D eigenvalue weighted by atomic mass is 16.5. The van der Waals surface area contributed by atoms with E-state index in [0.717, 1.165) is 30.8 Å². The summed E-state index contributed by atoms with van der Waals surface area (Å²) in [5.41, 5.74) is 1.34. The smallest absolute Gasteiger partial charge is 0.119 e. The Hall–Kier alpha value is -1.06. The molecule has 21 heavy (non-hydrogen) atoms. The molecule has 0 aromatic heterocycles. The zero-order chi connectivity index (χ0) is 14.7. The summed E-state index contributed by atoms with van der Waals surface area (Å²) in [6.07, 6.45) is 4.48. The van der Waals surface area contributed by atoms with Gasteiger partial charge in [0.25, 0.3) is 0 Å². The molecule has 1 saturated carbocycles. The van der Waals surface area contributed by atoms with E-state index in [1.54, 1.807) is 0 Å². The predicted molar refractivity (Wildman–Crippen MR) is 86.6 cm³/mol. The molecule has 116 valence electrons. The molecule has 1 aliphatic heterocycles. The Kier molecular flexibility index (Phi) is 4.81. The molecule has 1 aliphatic carbocycles. The number of benzene rings is 1. The molecule has 1 atom stereocenters. The SMILES string of the molecule is CC(C)Oc1ccc(CNCC2CCN(C3CC3)C2)cc1. The van der Waals surface area contributed by atoms with E-state index in [2.05, 4.69) is 48.3 Å². The molecule has 3 rings (SSSR count). The zero-order valence-corrected chi connectivity index (χ0v) is 13.3. The van der Waals surface area contributed by atoms with Gasteiger partial charge < -0.3 is 15.0 Å². The fourth-order valence-corrected chi connectivity index (χ4v) is 3.18. The molecule has 0 radical (unpaired) electrons. The molecule has 0 spiro atoms. The lowest BCUT2D eigenvalue weighted by Crippen LogP contribution is -2.27. The highest BCUT2D eigenvalue weighted by molar-refractivity contribution is 5.27. The second kappa shape index (κ2) is 6.80. The van der Waals surface area contributed by atoms with Gasteiger partial charge in [0.15, 0.2) is 0 Å². The third-order valence-electron chi connectivity index (χ3n) is 4.44. The summed E-state index contributed by atoms with van der Waals surface area (Å²) in [7, 11) is 0. The topological polar surface area (TPSA) is 24.5 Å². The van der Waals surface area contributed by atoms with Gasteiger partial charge in [0.1, 0.15) is 5.75 Å². The van der Waals surface area contributed by atoms with Crippen LogP contribution < -0.4 is 10.1 Å². The lowest BCUT2D eigenvalue weighted by molar-refractivity contribution is 0.242. The zero-order valence-electron chi connectivity index (χ0n) is 13.3. The molecule has 1 aromatic carbocycles. The Morgan fingerprint density at radius 1 is 1.19 bits per heavy atom. The Bertz CT molecular complexity index is 439. The number of rotatable bonds is 7. The van der Waals surface area contributed by atoms with Crippen molar-refractivity contribution < 1.29 is 4.74 Å². The molecule has 1 heterocycles. The van der Waals surface area contributed by atoms with Gasteiger partial charge >= 0.3 is 0 Å². The molecule has 0 bridgehead atoms. The number of nitrogens with one attached hydrogen (secondary N) is 1. The molecule has 2 aliphatic rings. The maximum atomic E-state index is 5.67. The minimum atomic E-state index is 0.241.